The molecule has 5 aromatic heterocycles. The van der Waals surface area contributed by atoms with E-state index in [2.05, 4.69) is 40.0 Å². The van der Waals surface area contributed by atoms with Crippen LogP contribution < -0.4 is 4.74 Å². The molecule has 1 saturated heterocycles. The number of ether oxygens (including phenoxy) is 1. The van der Waals surface area contributed by atoms with E-state index >= 15 is 0 Å². The number of rotatable bonds is 7. The lowest BCUT2D eigenvalue weighted by molar-refractivity contribution is 0.237. The lowest BCUT2D eigenvalue weighted by atomic mass is 10.1. The van der Waals surface area contributed by atoms with E-state index in [1.54, 1.807) is 24.8 Å². The fourth-order valence-corrected chi connectivity index (χ4v) is 5.21. The summed E-state index contributed by atoms with van der Waals surface area (Å²) in [5, 5.41) is 9.23. The van der Waals surface area contributed by atoms with Crippen molar-refractivity contribution in [2.45, 2.75) is 12.8 Å². The number of hydrogen-bond acceptors (Lipinski definition) is 7. The van der Waals surface area contributed by atoms with Crippen molar-refractivity contribution in [1.82, 2.24) is 40.0 Å². The summed E-state index contributed by atoms with van der Waals surface area (Å²) in [6.07, 6.45) is 10.9. The zero-order valence-electron chi connectivity index (χ0n) is 21.1. The molecule has 6 aromatic rings. The number of halogens is 1. The van der Waals surface area contributed by atoms with E-state index in [1.807, 2.05) is 24.3 Å². The fraction of sp³-hybridized carbons (Fsp3) is 0.207. The SMILES string of the molecule is Fc1cc(OCCN2CCCC2)cc(-c2nccc3[nH]c(-c4[nH]nc5ncc(-c6cncnc6)cc45)cc23)c1. The zero-order valence-corrected chi connectivity index (χ0v) is 21.1. The standard InChI is InChI=1S/C29H25FN8O/c30-21-9-18(10-22(12-21)39-8-7-38-5-1-2-6-38)27-23-13-26(35-25(23)3-4-33-27)28-24-11-19(16-34-29(24)37-36-28)20-14-31-17-32-15-20/h3-4,9-17,35H,1-2,5-8H2,(H,34,36,37). The molecule has 1 aliphatic heterocycles. The first-order valence-corrected chi connectivity index (χ1v) is 12.9. The van der Waals surface area contributed by atoms with Crippen molar-refractivity contribution < 1.29 is 9.13 Å². The highest BCUT2D eigenvalue weighted by atomic mass is 19.1. The van der Waals surface area contributed by atoms with Crippen LogP contribution >= 0.6 is 0 Å². The van der Waals surface area contributed by atoms with Gasteiger partial charge in [-0.2, -0.15) is 5.10 Å². The Labute approximate surface area is 223 Å². The molecule has 1 aliphatic rings. The lowest BCUT2D eigenvalue weighted by Crippen LogP contribution is -2.25. The van der Waals surface area contributed by atoms with Crippen LogP contribution in [-0.4, -0.2) is 66.3 Å². The molecule has 0 bridgehead atoms. The first kappa shape index (κ1) is 23.4. The molecule has 39 heavy (non-hydrogen) atoms. The number of aromatic amines is 2. The molecule has 1 fully saturated rings. The Morgan fingerprint density at radius 2 is 1.77 bits per heavy atom. The third-order valence-electron chi connectivity index (χ3n) is 7.14. The van der Waals surface area contributed by atoms with E-state index in [4.69, 9.17) is 4.74 Å². The first-order chi connectivity index (χ1) is 19.2. The molecule has 0 spiro atoms. The van der Waals surface area contributed by atoms with Gasteiger partial charge in [-0.15, -0.1) is 0 Å². The van der Waals surface area contributed by atoms with Gasteiger partial charge in [0.15, 0.2) is 5.65 Å². The summed E-state index contributed by atoms with van der Waals surface area (Å²) >= 11 is 0. The maximum absolute atomic E-state index is 14.7. The highest BCUT2D eigenvalue weighted by molar-refractivity contribution is 6.00. The Morgan fingerprint density at radius 3 is 2.64 bits per heavy atom. The van der Waals surface area contributed by atoms with Crippen LogP contribution in [0.25, 0.3) is 55.7 Å². The Kier molecular flexibility index (Phi) is 5.93. The minimum Gasteiger partial charge on any atom is -0.492 e. The topological polar surface area (TPSA) is 108 Å². The van der Waals surface area contributed by atoms with Gasteiger partial charge in [0.1, 0.15) is 24.5 Å². The predicted molar refractivity (Wildman–Crippen MR) is 147 cm³/mol. The number of hydrogen-bond donors (Lipinski definition) is 2. The van der Waals surface area contributed by atoms with Crippen LogP contribution in [-0.2, 0) is 0 Å². The number of nitrogens with one attached hydrogen (secondary N) is 2. The van der Waals surface area contributed by atoms with Crippen molar-refractivity contribution in [2.24, 2.45) is 0 Å². The van der Waals surface area contributed by atoms with Crippen molar-refractivity contribution in [3.05, 3.63) is 73.3 Å². The van der Waals surface area contributed by atoms with Gasteiger partial charge in [0.25, 0.3) is 0 Å². The molecular formula is C29H25FN8O. The second kappa shape index (κ2) is 9.88. The molecule has 10 heteroatoms. The molecule has 7 rings (SSSR count). The molecule has 194 valence electrons. The summed E-state index contributed by atoms with van der Waals surface area (Å²) in [7, 11) is 0. The molecule has 0 amide bonds. The molecule has 1 aromatic carbocycles. The third-order valence-corrected chi connectivity index (χ3v) is 7.14. The van der Waals surface area contributed by atoms with Crippen LogP contribution in [0.1, 0.15) is 12.8 Å². The number of pyridine rings is 2. The Balaban J connectivity index is 1.23. The van der Waals surface area contributed by atoms with Crippen molar-refractivity contribution >= 4 is 21.9 Å². The number of H-pyrrole nitrogens is 2. The van der Waals surface area contributed by atoms with E-state index in [0.717, 1.165) is 58.4 Å². The van der Waals surface area contributed by atoms with Gasteiger partial charge in [-0.05, 0) is 56.3 Å². The average Bonchev–Trinajstić information content (AvgIpc) is 3.72. The van der Waals surface area contributed by atoms with Crippen LogP contribution in [0.4, 0.5) is 4.39 Å². The second-order valence-corrected chi connectivity index (χ2v) is 9.70. The van der Waals surface area contributed by atoms with E-state index in [9.17, 15) is 4.39 Å². The average molecular weight is 521 g/mol. The van der Waals surface area contributed by atoms with Crippen LogP contribution in [0, 0.1) is 5.82 Å². The summed E-state index contributed by atoms with van der Waals surface area (Å²) < 4.78 is 20.6. The predicted octanol–water partition coefficient (Wildman–Crippen LogP) is 5.24. The van der Waals surface area contributed by atoms with E-state index in [1.165, 1.54) is 31.3 Å². The van der Waals surface area contributed by atoms with Crippen molar-refractivity contribution in [1.29, 1.82) is 0 Å². The first-order valence-electron chi connectivity index (χ1n) is 12.9. The second-order valence-electron chi connectivity index (χ2n) is 9.70. The molecule has 0 unspecified atom stereocenters. The minimum absolute atomic E-state index is 0.360. The lowest BCUT2D eigenvalue weighted by Gasteiger charge is -2.15. The number of nitrogens with zero attached hydrogens (tertiary/aromatic N) is 6. The quantitative estimate of drug-likeness (QED) is 0.296. The number of benzene rings is 1. The summed E-state index contributed by atoms with van der Waals surface area (Å²) in [5.41, 5.74) is 6.18. The minimum atomic E-state index is -0.360. The number of aromatic nitrogens is 7. The molecule has 0 aliphatic carbocycles. The maximum Gasteiger partial charge on any atom is 0.181 e. The van der Waals surface area contributed by atoms with Crippen molar-refractivity contribution in [2.75, 3.05) is 26.2 Å². The fourth-order valence-electron chi connectivity index (χ4n) is 5.21. The van der Waals surface area contributed by atoms with Crippen molar-refractivity contribution in [3.8, 4) is 39.5 Å². The molecule has 6 heterocycles. The Morgan fingerprint density at radius 1 is 0.897 bits per heavy atom. The summed E-state index contributed by atoms with van der Waals surface area (Å²) in [4.78, 5) is 23.2. The van der Waals surface area contributed by atoms with E-state index < -0.39 is 0 Å². The molecule has 9 nitrogen and oxygen atoms in total. The zero-order chi connectivity index (χ0) is 26.2. The van der Waals surface area contributed by atoms with E-state index in [-0.39, 0.29) is 5.82 Å². The molecule has 0 radical (unpaired) electrons. The van der Waals surface area contributed by atoms with Crippen LogP contribution in [0.2, 0.25) is 0 Å². The van der Waals surface area contributed by atoms with Gasteiger partial charge in [-0.25, -0.2) is 19.3 Å². The van der Waals surface area contributed by atoms with Gasteiger partial charge in [0.05, 0.1) is 17.1 Å². The van der Waals surface area contributed by atoms with Crippen LogP contribution in [0.3, 0.4) is 0 Å². The molecule has 2 N–H and O–H groups in total. The smallest absolute Gasteiger partial charge is 0.181 e. The van der Waals surface area contributed by atoms with Crippen LogP contribution in [0.5, 0.6) is 5.75 Å². The molecule has 0 atom stereocenters. The number of fused-ring (bicyclic) bond motifs is 2. The van der Waals surface area contributed by atoms with Gasteiger partial charge in [-0.3, -0.25) is 15.0 Å². The summed E-state index contributed by atoms with van der Waals surface area (Å²) in [6.45, 7) is 3.56. The Bertz CT molecular complexity index is 1780. The monoisotopic (exact) mass is 520 g/mol. The van der Waals surface area contributed by atoms with Crippen LogP contribution in [0.15, 0.2) is 67.5 Å². The van der Waals surface area contributed by atoms with Gasteiger partial charge in [0, 0.05) is 70.4 Å². The third kappa shape index (κ3) is 4.59. The summed E-state index contributed by atoms with van der Waals surface area (Å²) in [5.74, 6) is 0.142. The van der Waals surface area contributed by atoms with Gasteiger partial charge in [0.2, 0.25) is 0 Å². The normalized spacial score (nSPS) is 14.0. The highest BCUT2D eigenvalue weighted by Gasteiger charge is 2.17. The largest absolute Gasteiger partial charge is 0.492 e. The summed E-state index contributed by atoms with van der Waals surface area (Å²) in [6, 6.07) is 10.7. The highest BCUT2D eigenvalue weighted by Crippen LogP contribution is 2.35. The molecular weight excluding hydrogens is 495 g/mol. The number of likely N-dealkylation sites (tertiary alicyclic amines) is 1. The van der Waals surface area contributed by atoms with Gasteiger partial charge in [-0.1, -0.05) is 0 Å². The Hall–Kier alpha value is -4.70. The van der Waals surface area contributed by atoms with Gasteiger partial charge < -0.3 is 9.72 Å². The van der Waals surface area contributed by atoms with E-state index in [0.29, 0.717) is 29.3 Å². The van der Waals surface area contributed by atoms with Gasteiger partial charge >= 0.3 is 0 Å². The maximum atomic E-state index is 14.7. The van der Waals surface area contributed by atoms with Crippen molar-refractivity contribution in [3.63, 3.8) is 0 Å². The molecule has 0 saturated carbocycles.